The zero-order valence-electron chi connectivity index (χ0n) is 9.87. The van der Waals surface area contributed by atoms with Gasteiger partial charge in [-0.3, -0.25) is 0 Å². The fourth-order valence-electron chi connectivity index (χ4n) is 1.49. The summed E-state index contributed by atoms with van der Waals surface area (Å²) in [4.78, 5) is 7.91. The number of rotatable bonds is 3. The van der Waals surface area contributed by atoms with Crippen molar-refractivity contribution in [2.24, 2.45) is 0 Å². The highest BCUT2D eigenvalue weighted by molar-refractivity contribution is 5.48. The molecular formula is C12H11F2N3O. The number of halogens is 2. The third kappa shape index (κ3) is 2.53. The smallest absolute Gasteiger partial charge is 0.227 e. The predicted octanol–water partition coefficient (Wildman–Crippen LogP) is 2.90. The number of hydrogen-bond donors (Lipinski definition) is 1. The summed E-state index contributed by atoms with van der Waals surface area (Å²) >= 11 is 0. The summed E-state index contributed by atoms with van der Waals surface area (Å²) in [5, 5.41) is 2.86. The molecule has 0 saturated heterocycles. The quantitative estimate of drug-likeness (QED) is 0.911. The van der Waals surface area contributed by atoms with Gasteiger partial charge in [0.25, 0.3) is 0 Å². The monoisotopic (exact) mass is 251 g/mol. The van der Waals surface area contributed by atoms with Crippen LogP contribution in [-0.2, 0) is 0 Å². The molecule has 0 fully saturated rings. The van der Waals surface area contributed by atoms with Crippen LogP contribution in [0.25, 0.3) is 0 Å². The van der Waals surface area contributed by atoms with Crippen molar-refractivity contribution in [2.75, 3.05) is 12.4 Å². The lowest BCUT2D eigenvalue weighted by Crippen LogP contribution is -2.00. The summed E-state index contributed by atoms with van der Waals surface area (Å²) in [6, 6.07) is 2.95. The fourth-order valence-corrected chi connectivity index (χ4v) is 1.49. The summed E-state index contributed by atoms with van der Waals surface area (Å²) in [6.07, 6.45) is 1.31. The number of nitrogens with one attached hydrogen (secondary N) is 1. The summed E-state index contributed by atoms with van der Waals surface area (Å²) in [5.74, 6) is -0.510. The summed E-state index contributed by atoms with van der Waals surface area (Å²) in [5.41, 5.74) is 0.657. The molecule has 1 N–H and O–H groups in total. The van der Waals surface area contributed by atoms with Gasteiger partial charge in [0, 0.05) is 25.2 Å². The van der Waals surface area contributed by atoms with Gasteiger partial charge in [-0.1, -0.05) is 0 Å². The largest absolute Gasteiger partial charge is 0.438 e. The third-order valence-electron chi connectivity index (χ3n) is 2.33. The molecule has 0 aliphatic rings. The van der Waals surface area contributed by atoms with Crippen molar-refractivity contribution in [2.45, 2.75) is 6.92 Å². The molecule has 1 aromatic carbocycles. The number of anilines is 1. The Bertz CT molecular complexity index is 555. The van der Waals surface area contributed by atoms with Gasteiger partial charge in [0.15, 0.2) is 0 Å². The van der Waals surface area contributed by atoms with Crippen LogP contribution in [0.3, 0.4) is 0 Å². The Hall–Kier alpha value is -2.24. The van der Waals surface area contributed by atoms with Crippen LogP contribution in [0.5, 0.6) is 11.6 Å². The van der Waals surface area contributed by atoms with Crippen molar-refractivity contribution in [3.8, 4) is 11.6 Å². The van der Waals surface area contributed by atoms with E-state index in [9.17, 15) is 8.78 Å². The van der Waals surface area contributed by atoms with E-state index in [4.69, 9.17) is 4.74 Å². The second kappa shape index (κ2) is 4.95. The van der Waals surface area contributed by atoms with Gasteiger partial charge >= 0.3 is 0 Å². The number of ether oxygens (including phenoxy) is 1. The van der Waals surface area contributed by atoms with Crippen molar-refractivity contribution in [1.82, 2.24) is 9.97 Å². The van der Waals surface area contributed by atoms with E-state index >= 15 is 0 Å². The molecule has 0 spiro atoms. The summed E-state index contributed by atoms with van der Waals surface area (Å²) in [6.45, 7) is 1.75. The van der Waals surface area contributed by atoms with E-state index in [0.29, 0.717) is 11.4 Å². The molecule has 1 aromatic heterocycles. The van der Waals surface area contributed by atoms with Crippen LogP contribution < -0.4 is 10.1 Å². The maximum atomic E-state index is 13.0. The molecule has 1 heterocycles. The highest BCUT2D eigenvalue weighted by Crippen LogP contribution is 2.26. The average molecular weight is 251 g/mol. The van der Waals surface area contributed by atoms with E-state index < -0.39 is 11.6 Å². The normalized spacial score (nSPS) is 10.2. The van der Waals surface area contributed by atoms with Gasteiger partial charge in [-0.15, -0.1) is 0 Å². The number of aromatic nitrogens is 2. The molecule has 0 radical (unpaired) electrons. The van der Waals surface area contributed by atoms with Gasteiger partial charge in [-0.2, -0.15) is 0 Å². The zero-order valence-corrected chi connectivity index (χ0v) is 9.87. The van der Waals surface area contributed by atoms with E-state index in [1.807, 2.05) is 0 Å². The molecule has 4 nitrogen and oxygen atoms in total. The Morgan fingerprint density at radius 2 is 1.78 bits per heavy atom. The van der Waals surface area contributed by atoms with Gasteiger partial charge < -0.3 is 10.1 Å². The van der Waals surface area contributed by atoms with Crippen molar-refractivity contribution in [3.63, 3.8) is 0 Å². The molecule has 0 atom stereocenters. The predicted molar refractivity (Wildman–Crippen MR) is 62.7 cm³/mol. The van der Waals surface area contributed by atoms with E-state index in [1.165, 1.54) is 6.33 Å². The van der Waals surface area contributed by atoms with Gasteiger partial charge in [-0.25, -0.2) is 18.7 Å². The second-order valence-electron chi connectivity index (χ2n) is 3.61. The van der Waals surface area contributed by atoms with Crippen LogP contribution in [0.1, 0.15) is 5.56 Å². The first-order valence-corrected chi connectivity index (χ1v) is 5.23. The van der Waals surface area contributed by atoms with E-state index in [-0.39, 0.29) is 11.6 Å². The van der Waals surface area contributed by atoms with Gasteiger partial charge in [0.2, 0.25) is 5.88 Å². The van der Waals surface area contributed by atoms with Crippen LogP contribution >= 0.6 is 0 Å². The minimum Gasteiger partial charge on any atom is -0.438 e. The van der Waals surface area contributed by atoms with Crippen molar-refractivity contribution < 1.29 is 13.5 Å². The maximum absolute atomic E-state index is 13.0. The molecule has 2 rings (SSSR count). The maximum Gasteiger partial charge on any atom is 0.227 e. The van der Waals surface area contributed by atoms with Crippen molar-refractivity contribution in [3.05, 3.63) is 41.7 Å². The Kier molecular flexibility index (Phi) is 3.36. The van der Waals surface area contributed by atoms with Crippen LogP contribution in [0.2, 0.25) is 0 Å². The van der Waals surface area contributed by atoms with Crippen LogP contribution in [0.15, 0.2) is 24.5 Å². The molecule has 2 aromatic rings. The van der Waals surface area contributed by atoms with Crippen LogP contribution in [0, 0.1) is 18.6 Å². The average Bonchev–Trinajstić information content (AvgIpc) is 2.30. The summed E-state index contributed by atoms with van der Waals surface area (Å²) < 4.78 is 31.4. The van der Waals surface area contributed by atoms with Crippen LogP contribution in [-0.4, -0.2) is 17.0 Å². The molecule has 0 saturated carbocycles. The first kappa shape index (κ1) is 12.2. The van der Waals surface area contributed by atoms with Crippen molar-refractivity contribution in [1.29, 1.82) is 0 Å². The Morgan fingerprint density at radius 1 is 1.11 bits per heavy atom. The molecule has 0 unspecified atom stereocenters. The highest BCUT2D eigenvalue weighted by atomic mass is 19.1. The number of hydrogen-bond acceptors (Lipinski definition) is 4. The Labute approximate surface area is 103 Å². The molecule has 6 heteroatoms. The number of benzene rings is 1. The molecule has 0 bridgehead atoms. The van der Waals surface area contributed by atoms with E-state index in [0.717, 1.165) is 18.2 Å². The van der Waals surface area contributed by atoms with E-state index in [2.05, 4.69) is 15.3 Å². The first-order chi connectivity index (χ1) is 8.60. The molecule has 18 heavy (non-hydrogen) atoms. The number of nitrogens with zero attached hydrogens (tertiary/aromatic N) is 2. The topological polar surface area (TPSA) is 47.0 Å². The minimum atomic E-state index is -0.703. The molecular weight excluding hydrogens is 240 g/mol. The SMILES string of the molecule is CNc1ncnc(Oc2cc(F)cc(F)c2)c1C. The zero-order chi connectivity index (χ0) is 13.1. The lowest BCUT2D eigenvalue weighted by molar-refractivity contribution is 0.447. The van der Waals surface area contributed by atoms with E-state index in [1.54, 1.807) is 14.0 Å². The van der Waals surface area contributed by atoms with Crippen molar-refractivity contribution >= 4 is 5.82 Å². The molecule has 94 valence electrons. The van der Waals surface area contributed by atoms with Gasteiger partial charge in [0.1, 0.15) is 29.5 Å². The van der Waals surface area contributed by atoms with Crippen LogP contribution in [0.4, 0.5) is 14.6 Å². The summed E-state index contributed by atoms with van der Waals surface area (Å²) in [7, 11) is 1.71. The standard InChI is InChI=1S/C12H11F2N3O/c1-7-11(15-2)16-6-17-12(7)18-10-4-8(13)3-9(14)5-10/h3-6H,1-2H3,(H,15,16,17). The Morgan fingerprint density at radius 3 is 2.39 bits per heavy atom. The lowest BCUT2D eigenvalue weighted by atomic mass is 10.3. The third-order valence-corrected chi connectivity index (χ3v) is 2.33. The molecule has 0 aliphatic heterocycles. The minimum absolute atomic E-state index is 0.0522. The highest BCUT2D eigenvalue weighted by Gasteiger charge is 2.09. The second-order valence-corrected chi connectivity index (χ2v) is 3.61. The lowest BCUT2D eigenvalue weighted by Gasteiger charge is -2.10. The molecule has 0 aliphatic carbocycles. The Balaban J connectivity index is 2.34. The van der Waals surface area contributed by atoms with Gasteiger partial charge in [0.05, 0.1) is 5.56 Å². The fraction of sp³-hybridized carbons (Fsp3) is 0.167. The first-order valence-electron chi connectivity index (χ1n) is 5.23. The molecule has 0 amide bonds. The van der Waals surface area contributed by atoms with Gasteiger partial charge in [-0.05, 0) is 6.92 Å².